The highest BCUT2D eigenvalue weighted by atomic mass is 16.7. The first kappa shape index (κ1) is 15.0. The monoisotopic (exact) mass is 254 g/mol. The summed E-state index contributed by atoms with van der Waals surface area (Å²) in [6.07, 6.45) is 0.165. The summed E-state index contributed by atoms with van der Waals surface area (Å²) in [4.78, 5) is 0. The van der Waals surface area contributed by atoms with Crippen LogP contribution in [0, 0.1) is 0 Å². The van der Waals surface area contributed by atoms with E-state index in [4.69, 9.17) is 14.2 Å². The molecule has 0 aliphatic heterocycles. The average Bonchev–Trinajstić information content (AvgIpc) is 2.37. The van der Waals surface area contributed by atoms with Crippen LogP contribution in [-0.4, -0.2) is 32.2 Å². The molecule has 0 saturated heterocycles. The van der Waals surface area contributed by atoms with Crippen molar-refractivity contribution in [2.24, 2.45) is 0 Å². The quantitative estimate of drug-likeness (QED) is 0.758. The molecule has 0 radical (unpaired) electrons. The molecule has 0 bridgehead atoms. The number of hydrogen-bond acceptors (Lipinski definition) is 4. The maximum atomic E-state index is 10.6. The zero-order valence-corrected chi connectivity index (χ0v) is 11.5. The van der Waals surface area contributed by atoms with Crippen molar-refractivity contribution in [1.82, 2.24) is 0 Å². The molecule has 0 spiro atoms. The molecule has 0 saturated carbocycles. The summed E-state index contributed by atoms with van der Waals surface area (Å²) in [5.74, 6) is 0.656. The van der Waals surface area contributed by atoms with E-state index in [-0.39, 0.29) is 0 Å². The van der Waals surface area contributed by atoms with E-state index in [1.165, 1.54) is 14.2 Å². The van der Waals surface area contributed by atoms with Crippen LogP contribution in [0.15, 0.2) is 24.3 Å². The third kappa shape index (κ3) is 3.22. The van der Waals surface area contributed by atoms with Gasteiger partial charge < -0.3 is 19.3 Å². The number of benzene rings is 1. The smallest absolute Gasteiger partial charge is 0.189 e. The Kier molecular flexibility index (Phi) is 5.59. The lowest BCUT2D eigenvalue weighted by atomic mass is 9.94. The van der Waals surface area contributed by atoms with E-state index < -0.39 is 11.9 Å². The topological polar surface area (TPSA) is 47.9 Å². The number of para-hydroxylation sites is 1. The van der Waals surface area contributed by atoms with Crippen LogP contribution in [0.4, 0.5) is 0 Å². The van der Waals surface area contributed by atoms with E-state index in [0.717, 1.165) is 6.42 Å². The molecule has 1 aromatic carbocycles. The van der Waals surface area contributed by atoms with Crippen molar-refractivity contribution in [3.63, 3.8) is 0 Å². The first-order valence-electron chi connectivity index (χ1n) is 6.08. The van der Waals surface area contributed by atoms with Crippen LogP contribution in [0.25, 0.3) is 0 Å². The van der Waals surface area contributed by atoms with Crippen LogP contribution < -0.4 is 4.74 Å². The van der Waals surface area contributed by atoms with Gasteiger partial charge in [0.1, 0.15) is 11.4 Å². The fourth-order valence-corrected chi connectivity index (χ4v) is 1.90. The molecule has 0 heterocycles. The highest BCUT2D eigenvalue weighted by molar-refractivity contribution is 5.38. The van der Waals surface area contributed by atoms with Gasteiger partial charge in [-0.1, -0.05) is 25.1 Å². The van der Waals surface area contributed by atoms with Gasteiger partial charge in [0.05, 0.1) is 6.61 Å². The highest BCUT2D eigenvalue weighted by Gasteiger charge is 2.36. The zero-order valence-electron chi connectivity index (χ0n) is 11.5. The van der Waals surface area contributed by atoms with Gasteiger partial charge in [0.15, 0.2) is 6.29 Å². The molecule has 0 fully saturated rings. The number of rotatable bonds is 7. The molecule has 0 aliphatic carbocycles. The molecule has 1 rings (SSSR count). The van der Waals surface area contributed by atoms with Gasteiger partial charge in [-0.25, -0.2) is 0 Å². The largest absolute Gasteiger partial charge is 0.493 e. The summed E-state index contributed by atoms with van der Waals surface area (Å²) in [6.45, 7) is 4.30. The van der Waals surface area contributed by atoms with Gasteiger partial charge in [-0.3, -0.25) is 0 Å². The third-order valence-electron chi connectivity index (χ3n) is 2.78. The number of ether oxygens (including phenoxy) is 3. The van der Waals surface area contributed by atoms with Crippen molar-refractivity contribution in [1.29, 1.82) is 0 Å². The van der Waals surface area contributed by atoms with Gasteiger partial charge in [-0.2, -0.15) is 0 Å². The molecule has 0 amide bonds. The summed E-state index contributed by atoms with van der Waals surface area (Å²) in [5.41, 5.74) is -0.611. The van der Waals surface area contributed by atoms with Crippen LogP contribution in [0.5, 0.6) is 5.75 Å². The predicted octanol–water partition coefficient (Wildman–Crippen LogP) is 2.30. The molecule has 0 aliphatic rings. The Hall–Kier alpha value is -1.10. The number of aliphatic hydroxyl groups is 1. The third-order valence-corrected chi connectivity index (χ3v) is 2.78. The second-order valence-electron chi connectivity index (χ2n) is 4.30. The van der Waals surface area contributed by atoms with Crippen molar-refractivity contribution < 1.29 is 19.3 Å². The van der Waals surface area contributed by atoms with E-state index in [0.29, 0.717) is 17.9 Å². The Morgan fingerprint density at radius 1 is 1.22 bits per heavy atom. The maximum Gasteiger partial charge on any atom is 0.189 e. The Bertz CT molecular complexity index is 359. The molecule has 4 nitrogen and oxygen atoms in total. The lowest BCUT2D eigenvalue weighted by Crippen LogP contribution is -2.39. The van der Waals surface area contributed by atoms with E-state index in [1.54, 1.807) is 6.92 Å². The SMILES string of the molecule is CCCOc1ccccc1C(C)(O)C(OC)OC. The maximum absolute atomic E-state index is 10.6. The van der Waals surface area contributed by atoms with Gasteiger partial charge in [0.25, 0.3) is 0 Å². The standard InChI is InChI=1S/C14H22O4/c1-5-10-18-12-9-7-6-8-11(12)14(2,15)13(16-3)17-4/h6-9,13,15H,5,10H2,1-4H3. The molecule has 1 N–H and O–H groups in total. The summed E-state index contributed by atoms with van der Waals surface area (Å²) in [5, 5.41) is 10.6. The minimum absolute atomic E-state index is 0.609. The second-order valence-corrected chi connectivity index (χ2v) is 4.30. The Morgan fingerprint density at radius 3 is 2.39 bits per heavy atom. The minimum Gasteiger partial charge on any atom is -0.493 e. The predicted molar refractivity (Wildman–Crippen MR) is 69.6 cm³/mol. The van der Waals surface area contributed by atoms with Crippen LogP contribution >= 0.6 is 0 Å². The summed E-state index contributed by atoms with van der Waals surface area (Å²) >= 11 is 0. The molecular formula is C14H22O4. The minimum atomic E-state index is -1.27. The van der Waals surface area contributed by atoms with E-state index in [2.05, 4.69) is 0 Å². The Labute approximate surface area is 108 Å². The number of hydrogen-bond donors (Lipinski definition) is 1. The van der Waals surface area contributed by atoms with Crippen molar-refractivity contribution in [2.75, 3.05) is 20.8 Å². The highest BCUT2D eigenvalue weighted by Crippen LogP contribution is 2.33. The van der Waals surface area contributed by atoms with Crippen molar-refractivity contribution >= 4 is 0 Å². The van der Waals surface area contributed by atoms with Crippen LogP contribution in [0.1, 0.15) is 25.8 Å². The first-order valence-corrected chi connectivity index (χ1v) is 6.08. The lowest BCUT2D eigenvalue weighted by Gasteiger charge is -2.32. The summed E-state index contributed by atoms with van der Waals surface area (Å²) < 4.78 is 15.9. The Balaban J connectivity index is 3.06. The van der Waals surface area contributed by atoms with E-state index >= 15 is 0 Å². The molecule has 0 aromatic heterocycles. The van der Waals surface area contributed by atoms with Crippen molar-refractivity contribution in [3.05, 3.63) is 29.8 Å². The molecule has 1 atom stereocenters. The van der Waals surface area contributed by atoms with Crippen molar-refractivity contribution in [2.45, 2.75) is 32.2 Å². The van der Waals surface area contributed by atoms with Gasteiger partial charge in [0.2, 0.25) is 0 Å². The fourth-order valence-electron chi connectivity index (χ4n) is 1.90. The molecule has 1 unspecified atom stereocenters. The van der Waals surface area contributed by atoms with E-state index in [1.807, 2.05) is 31.2 Å². The normalized spacial score (nSPS) is 14.6. The molecule has 102 valence electrons. The van der Waals surface area contributed by atoms with Gasteiger partial charge >= 0.3 is 0 Å². The average molecular weight is 254 g/mol. The molecular weight excluding hydrogens is 232 g/mol. The molecule has 18 heavy (non-hydrogen) atoms. The van der Waals surface area contributed by atoms with Gasteiger partial charge in [-0.05, 0) is 19.4 Å². The molecule has 4 heteroatoms. The zero-order chi connectivity index (χ0) is 13.6. The van der Waals surface area contributed by atoms with Crippen LogP contribution in [-0.2, 0) is 15.1 Å². The van der Waals surface area contributed by atoms with E-state index in [9.17, 15) is 5.11 Å². The summed E-state index contributed by atoms with van der Waals surface area (Å²) in [7, 11) is 3.00. The lowest BCUT2D eigenvalue weighted by molar-refractivity contribution is -0.213. The van der Waals surface area contributed by atoms with Gasteiger partial charge in [0, 0.05) is 19.8 Å². The van der Waals surface area contributed by atoms with Crippen LogP contribution in [0.3, 0.4) is 0 Å². The molecule has 1 aromatic rings. The summed E-state index contributed by atoms with van der Waals surface area (Å²) in [6, 6.07) is 7.38. The first-order chi connectivity index (χ1) is 8.57. The number of methoxy groups -OCH3 is 2. The fraction of sp³-hybridized carbons (Fsp3) is 0.571. The van der Waals surface area contributed by atoms with Gasteiger partial charge in [-0.15, -0.1) is 0 Å². The Morgan fingerprint density at radius 2 is 1.83 bits per heavy atom. The van der Waals surface area contributed by atoms with Crippen LogP contribution in [0.2, 0.25) is 0 Å². The van der Waals surface area contributed by atoms with Crippen molar-refractivity contribution in [3.8, 4) is 5.75 Å². The second kappa shape index (κ2) is 6.73.